The SMILES string of the molecule is O=C(Cc1cccs1)NNC(=S)Nc1ccc(Cl)cc1. The van der Waals surface area contributed by atoms with Crippen molar-refractivity contribution in [2.24, 2.45) is 0 Å². The zero-order chi connectivity index (χ0) is 14.4. The van der Waals surface area contributed by atoms with E-state index in [4.69, 9.17) is 23.8 Å². The van der Waals surface area contributed by atoms with Crippen LogP contribution in [0.4, 0.5) is 5.69 Å². The van der Waals surface area contributed by atoms with Gasteiger partial charge >= 0.3 is 0 Å². The zero-order valence-electron chi connectivity index (χ0n) is 10.4. The standard InChI is InChI=1S/C13H12ClN3OS2/c14-9-3-5-10(6-4-9)15-13(19)17-16-12(18)8-11-2-1-7-20-11/h1-7H,8H2,(H,16,18)(H2,15,17,19). The molecule has 0 aliphatic heterocycles. The number of carbonyl (C=O) groups is 1. The molecule has 4 nitrogen and oxygen atoms in total. The molecule has 20 heavy (non-hydrogen) atoms. The Morgan fingerprint density at radius 1 is 1.20 bits per heavy atom. The van der Waals surface area contributed by atoms with E-state index in [1.165, 1.54) is 11.3 Å². The number of hydrogen-bond donors (Lipinski definition) is 3. The number of thiophene rings is 1. The van der Waals surface area contributed by atoms with Crippen LogP contribution >= 0.6 is 35.2 Å². The third-order valence-corrected chi connectivity index (χ3v) is 3.66. The Balaban J connectivity index is 1.74. The van der Waals surface area contributed by atoms with E-state index in [1.54, 1.807) is 24.3 Å². The van der Waals surface area contributed by atoms with Crippen molar-refractivity contribution in [1.82, 2.24) is 10.9 Å². The summed E-state index contributed by atoms with van der Waals surface area (Å²) in [7, 11) is 0. The molecule has 0 saturated carbocycles. The van der Waals surface area contributed by atoms with Gasteiger partial charge in [-0.15, -0.1) is 11.3 Å². The highest BCUT2D eigenvalue weighted by Gasteiger charge is 2.04. The van der Waals surface area contributed by atoms with Crippen LogP contribution in [-0.2, 0) is 11.2 Å². The molecule has 3 N–H and O–H groups in total. The van der Waals surface area contributed by atoms with Gasteiger partial charge in [-0.25, -0.2) is 0 Å². The number of anilines is 1. The first-order valence-corrected chi connectivity index (χ1v) is 7.44. The second-order valence-electron chi connectivity index (χ2n) is 3.89. The van der Waals surface area contributed by atoms with Gasteiger partial charge in [0.1, 0.15) is 0 Å². The maximum atomic E-state index is 11.6. The molecule has 0 bridgehead atoms. The van der Waals surface area contributed by atoms with Gasteiger partial charge in [-0.1, -0.05) is 17.7 Å². The number of carbonyl (C=O) groups excluding carboxylic acids is 1. The molecule has 0 aliphatic rings. The van der Waals surface area contributed by atoms with Gasteiger partial charge in [0.25, 0.3) is 0 Å². The molecule has 0 radical (unpaired) electrons. The molecule has 7 heteroatoms. The van der Waals surface area contributed by atoms with Crippen LogP contribution in [0.2, 0.25) is 5.02 Å². The van der Waals surface area contributed by atoms with E-state index in [-0.39, 0.29) is 5.91 Å². The Hall–Kier alpha value is -1.63. The average molecular weight is 326 g/mol. The van der Waals surface area contributed by atoms with Crippen LogP contribution in [0.5, 0.6) is 0 Å². The van der Waals surface area contributed by atoms with Crippen LogP contribution in [0.15, 0.2) is 41.8 Å². The van der Waals surface area contributed by atoms with Gasteiger partial charge in [0.15, 0.2) is 5.11 Å². The van der Waals surface area contributed by atoms with E-state index in [0.29, 0.717) is 16.6 Å². The predicted octanol–water partition coefficient (Wildman–Crippen LogP) is 2.96. The number of thiocarbonyl (C=S) groups is 1. The summed E-state index contributed by atoms with van der Waals surface area (Å²) in [6.45, 7) is 0. The van der Waals surface area contributed by atoms with Crippen molar-refractivity contribution < 1.29 is 4.79 Å². The third-order valence-electron chi connectivity index (χ3n) is 2.33. The summed E-state index contributed by atoms with van der Waals surface area (Å²) < 4.78 is 0. The van der Waals surface area contributed by atoms with Gasteiger partial charge in [-0.2, -0.15) is 0 Å². The maximum Gasteiger partial charge on any atom is 0.243 e. The topological polar surface area (TPSA) is 53.2 Å². The second-order valence-corrected chi connectivity index (χ2v) is 5.77. The van der Waals surface area contributed by atoms with Crippen molar-refractivity contribution in [3.05, 3.63) is 51.7 Å². The van der Waals surface area contributed by atoms with Crippen molar-refractivity contribution in [3.63, 3.8) is 0 Å². The zero-order valence-corrected chi connectivity index (χ0v) is 12.7. The summed E-state index contributed by atoms with van der Waals surface area (Å²) >= 11 is 12.4. The molecule has 0 fully saturated rings. The molecule has 1 aromatic carbocycles. The molecule has 0 spiro atoms. The molecule has 1 amide bonds. The first-order valence-electron chi connectivity index (χ1n) is 5.77. The lowest BCUT2D eigenvalue weighted by atomic mass is 10.3. The van der Waals surface area contributed by atoms with Crippen LogP contribution in [0.1, 0.15) is 4.88 Å². The number of nitrogens with one attached hydrogen (secondary N) is 3. The Morgan fingerprint density at radius 2 is 1.95 bits per heavy atom. The van der Waals surface area contributed by atoms with Crippen LogP contribution in [-0.4, -0.2) is 11.0 Å². The van der Waals surface area contributed by atoms with Gasteiger partial charge in [0.2, 0.25) is 5.91 Å². The van der Waals surface area contributed by atoms with Crippen molar-refractivity contribution in [2.75, 3.05) is 5.32 Å². The molecule has 0 unspecified atom stereocenters. The summed E-state index contributed by atoms with van der Waals surface area (Å²) in [5.41, 5.74) is 5.98. The van der Waals surface area contributed by atoms with Crippen molar-refractivity contribution >= 4 is 51.9 Å². The second kappa shape index (κ2) is 7.23. The summed E-state index contributed by atoms with van der Waals surface area (Å²) in [6.07, 6.45) is 0.328. The van der Waals surface area contributed by atoms with Gasteiger partial charge in [0.05, 0.1) is 6.42 Å². The Kier molecular flexibility index (Phi) is 5.34. The number of halogens is 1. The van der Waals surface area contributed by atoms with Crippen LogP contribution in [0, 0.1) is 0 Å². The van der Waals surface area contributed by atoms with E-state index in [1.807, 2.05) is 17.5 Å². The summed E-state index contributed by atoms with van der Waals surface area (Å²) in [4.78, 5) is 12.6. The highest BCUT2D eigenvalue weighted by molar-refractivity contribution is 7.80. The van der Waals surface area contributed by atoms with Crippen molar-refractivity contribution in [3.8, 4) is 0 Å². The Bertz CT molecular complexity index is 584. The molecular formula is C13H12ClN3OS2. The predicted molar refractivity (Wildman–Crippen MR) is 87.0 cm³/mol. The molecule has 0 aliphatic carbocycles. The van der Waals surface area contributed by atoms with Gasteiger partial charge < -0.3 is 5.32 Å². The highest BCUT2D eigenvalue weighted by atomic mass is 35.5. The summed E-state index contributed by atoms with van der Waals surface area (Å²) in [5, 5.41) is 5.83. The number of rotatable bonds is 3. The Morgan fingerprint density at radius 3 is 2.60 bits per heavy atom. The number of hydrogen-bond acceptors (Lipinski definition) is 3. The summed E-state index contributed by atoms with van der Waals surface area (Å²) in [5.74, 6) is -0.146. The minimum atomic E-state index is -0.146. The first kappa shape index (κ1) is 14.8. The highest BCUT2D eigenvalue weighted by Crippen LogP contribution is 2.13. The van der Waals surface area contributed by atoms with Gasteiger partial charge in [-0.05, 0) is 47.9 Å². The number of amides is 1. The molecule has 2 rings (SSSR count). The molecule has 2 aromatic rings. The fourth-order valence-electron chi connectivity index (χ4n) is 1.44. The van der Waals surface area contributed by atoms with Crippen molar-refractivity contribution in [1.29, 1.82) is 0 Å². The van der Waals surface area contributed by atoms with E-state index < -0.39 is 0 Å². The third kappa shape index (κ3) is 4.80. The van der Waals surface area contributed by atoms with E-state index in [9.17, 15) is 4.79 Å². The molecule has 0 atom stereocenters. The lowest BCUT2D eigenvalue weighted by molar-refractivity contribution is -0.120. The van der Waals surface area contributed by atoms with Gasteiger partial charge in [-0.3, -0.25) is 15.6 Å². The fourth-order valence-corrected chi connectivity index (χ4v) is 2.44. The lowest BCUT2D eigenvalue weighted by Gasteiger charge is -2.11. The molecule has 0 saturated heterocycles. The molecule has 104 valence electrons. The minimum absolute atomic E-state index is 0.146. The lowest BCUT2D eigenvalue weighted by Crippen LogP contribution is -2.44. The molecule has 1 heterocycles. The van der Waals surface area contributed by atoms with E-state index in [2.05, 4.69) is 16.2 Å². The van der Waals surface area contributed by atoms with E-state index in [0.717, 1.165) is 10.6 Å². The number of benzene rings is 1. The monoisotopic (exact) mass is 325 g/mol. The Labute approximate surface area is 131 Å². The maximum absolute atomic E-state index is 11.6. The average Bonchev–Trinajstić information content (AvgIpc) is 2.92. The smallest absolute Gasteiger partial charge is 0.243 e. The first-order chi connectivity index (χ1) is 9.63. The van der Waals surface area contributed by atoms with Crippen LogP contribution in [0.3, 0.4) is 0 Å². The van der Waals surface area contributed by atoms with E-state index >= 15 is 0 Å². The molecular weight excluding hydrogens is 314 g/mol. The van der Waals surface area contributed by atoms with Crippen LogP contribution in [0.25, 0.3) is 0 Å². The minimum Gasteiger partial charge on any atom is -0.331 e. The van der Waals surface area contributed by atoms with Gasteiger partial charge in [0, 0.05) is 15.6 Å². The normalized spacial score (nSPS) is 9.85. The largest absolute Gasteiger partial charge is 0.331 e. The fraction of sp³-hybridized carbons (Fsp3) is 0.0769. The summed E-state index contributed by atoms with van der Waals surface area (Å²) in [6, 6.07) is 10.9. The van der Waals surface area contributed by atoms with Crippen LogP contribution < -0.4 is 16.2 Å². The molecule has 1 aromatic heterocycles. The quantitative estimate of drug-likeness (QED) is 0.600. The van der Waals surface area contributed by atoms with Crippen molar-refractivity contribution in [2.45, 2.75) is 6.42 Å². The number of hydrazine groups is 1.